The largest absolute Gasteiger partial charge is 0.380 e. The van der Waals surface area contributed by atoms with E-state index < -0.39 is 26.7 Å². The fourth-order valence-corrected chi connectivity index (χ4v) is 5.67. The molecule has 0 bridgehead atoms. The van der Waals surface area contributed by atoms with E-state index in [-0.39, 0.29) is 6.61 Å². The number of hydrogen-bond donors (Lipinski definition) is 1. The molecule has 24 heavy (non-hydrogen) atoms. The predicted molar refractivity (Wildman–Crippen MR) is 92.1 cm³/mol. The minimum Gasteiger partial charge on any atom is -0.380 e. The van der Waals surface area contributed by atoms with Crippen LogP contribution in [0, 0.1) is 0 Å². The van der Waals surface area contributed by atoms with Gasteiger partial charge in [-0.1, -0.05) is 6.07 Å². The van der Waals surface area contributed by atoms with Crippen LogP contribution in [0.3, 0.4) is 0 Å². The highest BCUT2D eigenvalue weighted by atomic mass is 32.2. The van der Waals surface area contributed by atoms with Gasteiger partial charge in [-0.2, -0.15) is 0 Å². The molecule has 0 saturated carbocycles. The first-order chi connectivity index (χ1) is 11.5. The molecule has 130 valence electrons. The van der Waals surface area contributed by atoms with Crippen molar-refractivity contribution in [3.05, 3.63) is 28.3 Å². The molecule has 3 aliphatic rings. The number of benzene rings is 1. The van der Waals surface area contributed by atoms with Crippen molar-refractivity contribution < 1.29 is 17.9 Å². The van der Waals surface area contributed by atoms with Crippen molar-refractivity contribution >= 4 is 21.4 Å². The molecule has 0 radical (unpaired) electrons. The highest BCUT2D eigenvalue weighted by Gasteiger charge is 2.32. The summed E-state index contributed by atoms with van der Waals surface area (Å²) in [6.45, 7) is 0.678. The maximum atomic E-state index is 12.5. The Morgan fingerprint density at radius 2 is 1.79 bits per heavy atom. The summed E-state index contributed by atoms with van der Waals surface area (Å²) in [7, 11) is -3.44. The van der Waals surface area contributed by atoms with Crippen LogP contribution >= 0.6 is 0 Å². The van der Waals surface area contributed by atoms with Crippen LogP contribution in [0.25, 0.3) is 0 Å². The van der Waals surface area contributed by atoms with Gasteiger partial charge in [0.1, 0.15) is 5.75 Å². The van der Waals surface area contributed by atoms with Gasteiger partial charge in [-0.05, 0) is 67.2 Å². The minimum atomic E-state index is -3.44. The molecule has 0 spiro atoms. The highest BCUT2D eigenvalue weighted by Crippen LogP contribution is 2.38. The number of carbonyl (C=O) groups excluding carboxylic acids is 1. The van der Waals surface area contributed by atoms with Gasteiger partial charge in [0.2, 0.25) is 5.91 Å². The van der Waals surface area contributed by atoms with E-state index in [0.29, 0.717) is 13.0 Å². The lowest BCUT2D eigenvalue weighted by Gasteiger charge is -2.17. The van der Waals surface area contributed by atoms with Gasteiger partial charge < -0.3 is 10.1 Å². The van der Waals surface area contributed by atoms with Gasteiger partial charge in [-0.3, -0.25) is 4.79 Å². The van der Waals surface area contributed by atoms with Crippen molar-refractivity contribution in [2.75, 3.05) is 24.3 Å². The number of sulfone groups is 1. The van der Waals surface area contributed by atoms with E-state index >= 15 is 0 Å². The van der Waals surface area contributed by atoms with E-state index in [1.807, 2.05) is 0 Å². The Hall–Kier alpha value is -1.40. The van der Waals surface area contributed by atoms with E-state index in [0.717, 1.165) is 44.2 Å². The van der Waals surface area contributed by atoms with Gasteiger partial charge in [0.05, 0.1) is 11.9 Å². The van der Waals surface area contributed by atoms with Crippen LogP contribution in [0.4, 0.5) is 5.69 Å². The molecule has 0 aromatic heterocycles. The molecule has 1 unspecified atom stereocenters. The summed E-state index contributed by atoms with van der Waals surface area (Å²) in [6.07, 6.45) is 6.78. The number of fused-ring (bicyclic) bond motifs is 2. The molecule has 6 heteroatoms. The van der Waals surface area contributed by atoms with E-state index in [1.54, 1.807) is 0 Å². The fourth-order valence-electron chi connectivity index (χ4n) is 4.24. The summed E-state index contributed by atoms with van der Waals surface area (Å²) >= 11 is 0. The summed E-state index contributed by atoms with van der Waals surface area (Å²) in [4.78, 5) is 12.5. The van der Waals surface area contributed by atoms with Gasteiger partial charge >= 0.3 is 0 Å². The highest BCUT2D eigenvalue weighted by molar-refractivity contribution is 7.92. The van der Waals surface area contributed by atoms with Gasteiger partial charge in [0, 0.05) is 12.3 Å². The average Bonchev–Trinajstić information content (AvgIpc) is 3.27. The number of rotatable bonds is 4. The second-order valence-corrected chi connectivity index (χ2v) is 9.36. The normalized spacial score (nSPS) is 22.4. The summed E-state index contributed by atoms with van der Waals surface area (Å²) in [5.41, 5.74) is 6.03. The van der Waals surface area contributed by atoms with Crippen LogP contribution in [-0.4, -0.2) is 38.5 Å². The Labute approximate surface area is 142 Å². The molecule has 1 atom stereocenters. The average molecular weight is 349 g/mol. The van der Waals surface area contributed by atoms with Gasteiger partial charge in [0.25, 0.3) is 0 Å². The van der Waals surface area contributed by atoms with Crippen molar-refractivity contribution in [2.45, 2.75) is 50.2 Å². The first-order valence-electron chi connectivity index (χ1n) is 8.80. The molecule has 1 aliphatic heterocycles. The standard InChI is InChI=1S/C18H23NO4S/c20-17(11-24(21,22)14-7-8-23-10-14)19-18-15-5-1-3-12(15)9-13-4-2-6-16(13)18/h9,14H,1-8,10-11H2,(H,19,20). The maximum Gasteiger partial charge on any atom is 0.239 e. The van der Waals surface area contributed by atoms with Gasteiger partial charge in [0.15, 0.2) is 9.84 Å². The maximum absolute atomic E-state index is 12.5. The summed E-state index contributed by atoms with van der Waals surface area (Å²) in [6, 6.07) is 2.30. The van der Waals surface area contributed by atoms with Crippen LogP contribution in [0.2, 0.25) is 0 Å². The Balaban J connectivity index is 1.56. The minimum absolute atomic E-state index is 0.214. The van der Waals surface area contributed by atoms with E-state index in [2.05, 4.69) is 11.4 Å². The van der Waals surface area contributed by atoms with Crippen LogP contribution in [0.15, 0.2) is 6.07 Å². The van der Waals surface area contributed by atoms with E-state index in [4.69, 9.17) is 4.74 Å². The quantitative estimate of drug-likeness (QED) is 0.900. The van der Waals surface area contributed by atoms with Crippen molar-refractivity contribution in [1.29, 1.82) is 0 Å². The summed E-state index contributed by atoms with van der Waals surface area (Å²) < 4.78 is 29.9. The molecule has 1 N–H and O–H groups in total. The lowest BCUT2D eigenvalue weighted by atomic mass is 9.98. The number of nitrogens with one attached hydrogen (secondary N) is 1. The number of anilines is 1. The lowest BCUT2D eigenvalue weighted by Crippen LogP contribution is -2.31. The third-order valence-corrected chi connectivity index (χ3v) is 7.52. The lowest BCUT2D eigenvalue weighted by molar-refractivity contribution is -0.113. The molecule has 1 heterocycles. The van der Waals surface area contributed by atoms with Gasteiger partial charge in [-0.25, -0.2) is 8.42 Å². The smallest absolute Gasteiger partial charge is 0.239 e. The molecule has 1 amide bonds. The van der Waals surface area contributed by atoms with Crippen molar-refractivity contribution in [3.63, 3.8) is 0 Å². The third kappa shape index (κ3) is 2.86. The molecule has 1 saturated heterocycles. The number of amides is 1. The molecule has 1 aromatic rings. The number of ether oxygens (including phenoxy) is 1. The monoisotopic (exact) mass is 349 g/mol. The zero-order valence-electron chi connectivity index (χ0n) is 13.8. The molecule has 1 aromatic carbocycles. The first-order valence-corrected chi connectivity index (χ1v) is 10.5. The SMILES string of the molecule is O=C(CS(=O)(=O)C1CCOC1)Nc1c2c(cc3c1CCC3)CCC2. The molecular weight excluding hydrogens is 326 g/mol. The Morgan fingerprint density at radius 3 is 2.38 bits per heavy atom. The molecule has 4 rings (SSSR count). The molecule has 1 fully saturated rings. The van der Waals surface area contributed by atoms with Crippen molar-refractivity contribution in [3.8, 4) is 0 Å². The van der Waals surface area contributed by atoms with E-state index in [1.165, 1.54) is 22.3 Å². The van der Waals surface area contributed by atoms with Crippen molar-refractivity contribution in [1.82, 2.24) is 0 Å². The van der Waals surface area contributed by atoms with Gasteiger partial charge in [-0.15, -0.1) is 0 Å². The number of carbonyl (C=O) groups is 1. The summed E-state index contributed by atoms with van der Waals surface area (Å²) in [5.74, 6) is -0.851. The Bertz CT molecular complexity index is 746. The van der Waals surface area contributed by atoms with Crippen molar-refractivity contribution in [2.24, 2.45) is 0 Å². The zero-order chi connectivity index (χ0) is 16.7. The zero-order valence-corrected chi connectivity index (χ0v) is 14.6. The number of aryl methyl sites for hydroxylation is 2. The summed E-state index contributed by atoms with van der Waals surface area (Å²) in [5, 5.41) is 2.43. The van der Waals surface area contributed by atoms with Crippen LogP contribution in [0.1, 0.15) is 41.5 Å². The topological polar surface area (TPSA) is 72.5 Å². The van der Waals surface area contributed by atoms with E-state index in [9.17, 15) is 13.2 Å². The van der Waals surface area contributed by atoms with Crippen LogP contribution in [0.5, 0.6) is 0 Å². The van der Waals surface area contributed by atoms with Crippen LogP contribution in [-0.2, 0) is 45.1 Å². The second kappa shape index (κ2) is 6.15. The number of hydrogen-bond acceptors (Lipinski definition) is 4. The second-order valence-electron chi connectivity index (χ2n) is 7.08. The fraction of sp³-hybridized carbons (Fsp3) is 0.611. The molecule has 2 aliphatic carbocycles. The molecule has 5 nitrogen and oxygen atoms in total. The Kier molecular flexibility index (Phi) is 4.12. The van der Waals surface area contributed by atoms with Crippen LogP contribution < -0.4 is 5.32 Å². The third-order valence-electron chi connectivity index (χ3n) is 5.47. The Morgan fingerprint density at radius 1 is 1.12 bits per heavy atom. The molecular formula is C18H23NO4S. The first kappa shape index (κ1) is 16.1. The predicted octanol–water partition coefficient (Wildman–Crippen LogP) is 1.81.